The summed E-state index contributed by atoms with van der Waals surface area (Å²) >= 11 is 0. The summed E-state index contributed by atoms with van der Waals surface area (Å²) in [6, 6.07) is 19.1. The topological polar surface area (TPSA) is 9.23 Å². The summed E-state index contributed by atoms with van der Waals surface area (Å²) in [5, 5.41) is 2.81. The summed E-state index contributed by atoms with van der Waals surface area (Å²) in [5.41, 5.74) is 0. The van der Waals surface area contributed by atoms with Crippen LogP contribution in [0.1, 0.15) is 6.92 Å². The predicted molar refractivity (Wildman–Crippen MR) is 76.2 cm³/mol. The lowest BCUT2D eigenvalue weighted by Crippen LogP contribution is -2.13. The second kappa shape index (κ2) is 5.84. The van der Waals surface area contributed by atoms with Crippen molar-refractivity contribution in [2.24, 2.45) is 0 Å². The van der Waals surface area contributed by atoms with Gasteiger partial charge in [0.05, 0.1) is 7.11 Å². The van der Waals surface area contributed by atoms with Gasteiger partial charge in [-0.1, -0.05) is 49.4 Å². The standard InChI is InChI=1S/C15H17OP/c1-3-17(14-9-5-4-6-10-14)15-11-7-8-13(12-15)16-2/h4-12H,3H2,1-2H3. The van der Waals surface area contributed by atoms with Gasteiger partial charge in [-0.25, -0.2) is 0 Å². The van der Waals surface area contributed by atoms with Crippen LogP contribution in [-0.2, 0) is 0 Å². The number of ether oxygens (including phenoxy) is 1. The lowest BCUT2D eigenvalue weighted by molar-refractivity contribution is 0.415. The van der Waals surface area contributed by atoms with Crippen molar-refractivity contribution in [3.8, 4) is 5.75 Å². The van der Waals surface area contributed by atoms with E-state index in [4.69, 9.17) is 4.74 Å². The van der Waals surface area contributed by atoms with Crippen LogP contribution in [-0.4, -0.2) is 13.3 Å². The van der Waals surface area contributed by atoms with E-state index in [-0.39, 0.29) is 7.92 Å². The van der Waals surface area contributed by atoms with Gasteiger partial charge in [-0.15, -0.1) is 0 Å². The summed E-state index contributed by atoms with van der Waals surface area (Å²) in [7, 11) is 1.47. The normalized spacial score (nSPS) is 12.1. The Morgan fingerprint density at radius 1 is 0.941 bits per heavy atom. The molecule has 0 aliphatic rings. The van der Waals surface area contributed by atoms with Crippen molar-refractivity contribution in [1.82, 2.24) is 0 Å². The van der Waals surface area contributed by atoms with Crippen LogP contribution in [0.4, 0.5) is 0 Å². The highest BCUT2D eigenvalue weighted by atomic mass is 31.1. The molecule has 1 atom stereocenters. The Kier molecular flexibility index (Phi) is 4.17. The average Bonchev–Trinajstić information content (AvgIpc) is 2.41. The van der Waals surface area contributed by atoms with Gasteiger partial charge < -0.3 is 4.74 Å². The minimum atomic E-state index is -0.251. The first-order chi connectivity index (χ1) is 8.35. The molecule has 0 aliphatic heterocycles. The van der Waals surface area contributed by atoms with Crippen LogP contribution in [0.15, 0.2) is 54.6 Å². The van der Waals surface area contributed by atoms with E-state index in [0.717, 1.165) is 11.9 Å². The molecule has 88 valence electrons. The molecule has 2 aromatic carbocycles. The van der Waals surface area contributed by atoms with E-state index in [2.05, 4.69) is 55.5 Å². The molecule has 17 heavy (non-hydrogen) atoms. The van der Waals surface area contributed by atoms with Crippen molar-refractivity contribution >= 4 is 18.5 Å². The number of benzene rings is 2. The van der Waals surface area contributed by atoms with Crippen molar-refractivity contribution in [1.29, 1.82) is 0 Å². The van der Waals surface area contributed by atoms with Gasteiger partial charge in [0, 0.05) is 0 Å². The molecule has 0 heterocycles. The predicted octanol–water partition coefficient (Wildman–Crippen LogP) is 3.15. The lowest BCUT2D eigenvalue weighted by Gasteiger charge is -2.17. The zero-order valence-electron chi connectivity index (χ0n) is 10.3. The first kappa shape index (κ1) is 12.1. The van der Waals surface area contributed by atoms with Gasteiger partial charge in [-0.2, -0.15) is 0 Å². The molecule has 0 saturated carbocycles. The van der Waals surface area contributed by atoms with E-state index < -0.39 is 0 Å². The molecule has 0 aromatic heterocycles. The van der Waals surface area contributed by atoms with E-state index in [0.29, 0.717) is 0 Å². The van der Waals surface area contributed by atoms with Gasteiger partial charge >= 0.3 is 0 Å². The summed E-state index contributed by atoms with van der Waals surface area (Å²) in [6.45, 7) is 2.25. The highest BCUT2D eigenvalue weighted by Crippen LogP contribution is 2.33. The molecule has 2 rings (SSSR count). The fourth-order valence-electron chi connectivity index (χ4n) is 1.90. The van der Waals surface area contributed by atoms with Crippen LogP contribution in [0.3, 0.4) is 0 Å². The molecule has 0 bridgehead atoms. The Morgan fingerprint density at radius 3 is 2.29 bits per heavy atom. The smallest absolute Gasteiger partial charge is 0.119 e. The second-order valence-electron chi connectivity index (χ2n) is 3.78. The maximum Gasteiger partial charge on any atom is 0.119 e. The molecule has 2 aromatic rings. The van der Waals surface area contributed by atoms with E-state index in [9.17, 15) is 0 Å². The molecule has 1 unspecified atom stereocenters. The molecule has 0 N–H and O–H groups in total. The molecular weight excluding hydrogens is 227 g/mol. The number of hydrogen-bond donors (Lipinski definition) is 0. The summed E-state index contributed by atoms with van der Waals surface area (Å²) in [6.07, 6.45) is 1.16. The molecule has 1 nitrogen and oxygen atoms in total. The van der Waals surface area contributed by atoms with Crippen LogP contribution < -0.4 is 15.3 Å². The third kappa shape index (κ3) is 2.87. The summed E-state index contributed by atoms with van der Waals surface area (Å²) in [5.74, 6) is 0.944. The van der Waals surface area contributed by atoms with Crippen LogP contribution in [0.25, 0.3) is 0 Å². The Bertz CT molecular complexity index is 467. The Hall–Kier alpha value is -1.33. The van der Waals surface area contributed by atoms with E-state index in [1.165, 1.54) is 10.6 Å². The summed E-state index contributed by atoms with van der Waals surface area (Å²) in [4.78, 5) is 0. The fraction of sp³-hybridized carbons (Fsp3) is 0.200. The van der Waals surface area contributed by atoms with Gasteiger partial charge in [-0.05, 0) is 36.8 Å². The first-order valence-electron chi connectivity index (χ1n) is 5.81. The lowest BCUT2D eigenvalue weighted by atomic mass is 10.3. The minimum absolute atomic E-state index is 0.251. The number of rotatable bonds is 4. The van der Waals surface area contributed by atoms with E-state index in [1.807, 2.05) is 6.07 Å². The quantitative estimate of drug-likeness (QED) is 0.751. The zero-order valence-corrected chi connectivity index (χ0v) is 11.2. The minimum Gasteiger partial charge on any atom is -0.497 e. The largest absolute Gasteiger partial charge is 0.497 e. The van der Waals surface area contributed by atoms with Crippen LogP contribution in [0.5, 0.6) is 5.75 Å². The van der Waals surface area contributed by atoms with Crippen LogP contribution in [0.2, 0.25) is 0 Å². The van der Waals surface area contributed by atoms with E-state index in [1.54, 1.807) is 7.11 Å². The van der Waals surface area contributed by atoms with Crippen molar-refractivity contribution in [3.05, 3.63) is 54.6 Å². The highest BCUT2D eigenvalue weighted by Gasteiger charge is 2.11. The molecule has 0 aliphatic carbocycles. The molecule has 0 radical (unpaired) electrons. The molecular formula is C15H17OP. The monoisotopic (exact) mass is 244 g/mol. The van der Waals surface area contributed by atoms with E-state index >= 15 is 0 Å². The SMILES string of the molecule is CCP(c1ccccc1)c1cccc(OC)c1. The number of methoxy groups -OCH3 is 1. The Balaban J connectivity index is 2.35. The fourth-order valence-corrected chi connectivity index (χ4v) is 4.01. The van der Waals surface area contributed by atoms with Crippen LogP contribution in [0, 0.1) is 0 Å². The molecule has 0 amide bonds. The third-order valence-corrected chi connectivity index (χ3v) is 5.20. The highest BCUT2D eigenvalue weighted by molar-refractivity contribution is 7.72. The van der Waals surface area contributed by atoms with Gasteiger partial charge in [0.2, 0.25) is 0 Å². The molecule has 2 heteroatoms. The van der Waals surface area contributed by atoms with Gasteiger partial charge in [0.25, 0.3) is 0 Å². The molecule has 0 saturated heterocycles. The van der Waals surface area contributed by atoms with Crippen molar-refractivity contribution in [2.45, 2.75) is 6.92 Å². The molecule has 0 spiro atoms. The van der Waals surface area contributed by atoms with Crippen molar-refractivity contribution < 1.29 is 4.74 Å². The van der Waals surface area contributed by atoms with Crippen molar-refractivity contribution in [2.75, 3.05) is 13.3 Å². The van der Waals surface area contributed by atoms with Gasteiger partial charge in [0.1, 0.15) is 5.75 Å². The average molecular weight is 244 g/mol. The first-order valence-corrected chi connectivity index (χ1v) is 7.34. The van der Waals surface area contributed by atoms with Crippen LogP contribution >= 0.6 is 7.92 Å². The maximum atomic E-state index is 5.30. The maximum absolute atomic E-state index is 5.30. The Morgan fingerprint density at radius 2 is 1.65 bits per heavy atom. The zero-order chi connectivity index (χ0) is 12.1. The number of hydrogen-bond acceptors (Lipinski definition) is 1. The van der Waals surface area contributed by atoms with Crippen molar-refractivity contribution in [3.63, 3.8) is 0 Å². The third-order valence-electron chi connectivity index (χ3n) is 2.75. The Labute approximate surface area is 104 Å². The second-order valence-corrected chi connectivity index (χ2v) is 6.30. The molecule has 0 fully saturated rings. The van der Waals surface area contributed by atoms with Gasteiger partial charge in [0.15, 0.2) is 0 Å². The van der Waals surface area contributed by atoms with Gasteiger partial charge in [-0.3, -0.25) is 0 Å². The summed E-state index contributed by atoms with van der Waals surface area (Å²) < 4.78 is 5.30.